The van der Waals surface area contributed by atoms with Crippen molar-refractivity contribution < 1.29 is 4.79 Å². The smallest absolute Gasteiger partial charge is 0.230 e. The van der Waals surface area contributed by atoms with Crippen molar-refractivity contribution in [1.82, 2.24) is 10.3 Å². The lowest BCUT2D eigenvalue weighted by molar-refractivity contribution is -0.118. The summed E-state index contributed by atoms with van der Waals surface area (Å²) in [5.41, 5.74) is 1.23. The molecule has 0 aliphatic carbocycles. The molecule has 1 N–H and O–H groups in total. The van der Waals surface area contributed by atoms with Crippen LogP contribution in [-0.4, -0.2) is 28.9 Å². The number of amides is 1. The summed E-state index contributed by atoms with van der Waals surface area (Å²) >= 11 is 3.21. The highest BCUT2D eigenvalue weighted by Crippen LogP contribution is 2.17. The summed E-state index contributed by atoms with van der Waals surface area (Å²) in [6, 6.07) is 14.0. The number of hydrogen-bond acceptors (Lipinski definition) is 4. The standard InChI is InChI=1S/C16H18N2OS2/c1-13-5-7-14(8-6-13)21-12-15(19)17-10-11-20-16-4-2-3-9-18-16/h2-9H,10-12H2,1H3,(H,17,19). The van der Waals surface area contributed by atoms with E-state index >= 15 is 0 Å². The number of aryl methyl sites for hydroxylation is 1. The van der Waals surface area contributed by atoms with Crippen molar-refractivity contribution in [3.8, 4) is 0 Å². The molecule has 1 heterocycles. The fourth-order valence-corrected chi connectivity index (χ4v) is 3.06. The van der Waals surface area contributed by atoms with Crippen LogP contribution in [-0.2, 0) is 4.79 Å². The second-order valence-electron chi connectivity index (χ2n) is 4.47. The molecule has 0 bridgehead atoms. The number of aromatic nitrogens is 1. The molecule has 0 unspecified atom stereocenters. The molecule has 0 saturated heterocycles. The van der Waals surface area contributed by atoms with Crippen LogP contribution in [0.25, 0.3) is 0 Å². The summed E-state index contributed by atoms with van der Waals surface area (Å²) in [5.74, 6) is 1.36. The molecule has 1 aromatic carbocycles. The van der Waals surface area contributed by atoms with Crippen LogP contribution in [0.3, 0.4) is 0 Å². The van der Waals surface area contributed by atoms with Gasteiger partial charge in [0.25, 0.3) is 0 Å². The molecule has 110 valence electrons. The Morgan fingerprint density at radius 3 is 2.67 bits per heavy atom. The Hall–Kier alpha value is -1.46. The van der Waals surface area contributed by atoms with Crippen molar-refractivity contribution in [2.45, 2.75) is 16.8 Å². The maximum Gasteiger partial charge on any atom is 0.230 e. The van der Waals surface area contributed by atoms with Crippen molar-refractivity contribution in [1.29, 1.82) is 0 Å². The van der Waals surface area contributed by atoms with Gasteiger partial charge in [-0.1, -0.05) is 23.8 Å². The fraction of sp³-hybridized carbons (Fsp3) is 0.250. The van der Waals surface area contributed by atoms with Gasteiger partial charge in [0.05, 0.1) is 10.8 Å². The normalized spacial score (nSPS) is 10.3. The first-order chi connectivity index (χ1) is 10.2. The quantitative estimate of drug-likeness (QED) is 0.628. The van der Waals surface area contributed by atoms with Gasteiger partial charge in [0.1, 0.15) is 0 Å². The number of carbonyl (C=O) groups is 1. The number of hydrogen-bond donors (Lipinski definition) is 1. The second-order valence-corrected chi connectivity index (χ2v) is 6.63. The van der Waals surface area contributed by atoms with Gasteiger partial charge in [-0.25, -0.2) is 4.98 Å². The SMILES string of the molecule is Cc1ccc(SCC(=O)NCCSc2ccccn2)cc1. The zero-order valence-corrected chi connectivity index (χ0v) is 13.5. The molecule has 0 saturated carbocycles. The predicted octanol–water partition coefficient (Wildman–Crippen LogP) is 3.39. The number of benzene rings is 1. The van der Waals surface area contributed by atoms with Gasteiger partial charge in [0, 0.05) is 23.4 Å². The predicted molar refractivity (Wildman–Crippen MR) is 89.9 cm³/mol. The summed E-state index contributed by atoms with van der Waals surface area (Å²) in [4.78, 5) is 17.1. The van der Waals surface area contributed by atoms with Crippen molar-refractivity contribution in [2.24, 2.45) is 0 Å². The Balaban J connectivity index is 1.60. The molecule has 0 spiro atoms. The van der Waals surface area contributed by atoms with E-state index in [2.05, 4.69) is 29.4 Å². The summed E-state index contributed by atoms with van der Waals surface area (Å²) < 4.78 is 0. The third-order valence-electron chi connectivity index (χ3n) is 2.70. The molecular weight excluding hydrogens is 300 g/mol. The lowest BCUT2D eigenvalue weighted by atomic mass is 10.2. The van der Waals surface area contributed by atoms with E-state index in [-0.39, 0.29) is 5.91 Å². The Morgan fingerprint density at radius 1 is 1.14 bits per heavy atom. The molecule has 2 rings (SSSR count). The van der Waals surface area contributed by atoms with Gasteiger partial charge in [-0.15, -0.1) is 23.5 Å². The molecule has 1 aromatic heterocycles. The van der Waals surface area contributed by atoms with Gasteiger partial charge in [-0.05, 0) is 31.2 Å². The summed E-state index contributed by atoms with van der Waals surface area (Å²) in [6.45, 7) is 2.72. The molecular formula is C16H18N2OS2. The number of nitrogens with one attached hydrogen (secondary N) is 1. The maximum atomic E-state index is 11.7. The molecule has 0 atom stereocenters. The Morgan fingerprint density at radius 2 is 1.95 bits per heavy atom. The number of nitrogens with zero attached hydrogens (tertiary/aromatic N) is 1. The maximum absolute atomic E-state index is 11.7. The number of carbonyl (C=O) groups excluding carboxylic acids is 1. The van der Waals surface area contributed by atoms with Crippen LogP contribution in [0.4, 0.5) is 0 Å². The van der Waals surface area contributed by atoms with E-state index < -0.39 is 0 Å². The van der Waals surface area contributed by atoms with Crippen molar-refractivity contribution in [3.63, 3.8) is 0 Å². The van der Waals surface area contributed by atoms with Crippen LogP contribution < -0.4 is 5.32 Å². The highest BCUT2D eigenvalue weighted by Gasteiger charge is 2.02. The van der Waals surface area contributed by atoms with Gasteiger partial charge in [-0.2, -0.15) is 0 Å². The minimum absolute atomic E-state index is 0.0715. The van der Waals surface area contributed by atoms with Crippen molar-refractivity contribution >= 4 is 29.4 Å². The number of rotatable bonds is 7. The lowest BCUT2D eigenvalue weighted by Crippen LogP contribution is -2.27. The molecule has 2 aromatic rings. The average molecular weight is 318 g/mol. The number of pyridine rings is 1. The Labute approximate surface area is 133 Å². The van der Waals surface area contributed by atoms with Crippen molar-refractivity contribution in [2.75, 3.05) is 18.1 Å². The molecule has 21 heavy (non-hydrogen) atoms. The second kappa shape index (κ2) is 8.74. The molecule has 0 fully saturated rings. The van der Waals surface area contributed by atoms with Crippen LogP contribution in [0.2, 0.25) is 0 Å². The minimum atomic E-state index is 0.0715. The highest BCUT2D eigenvalue weighted by molar-refractivity contribution is 8.00. The zero-order valence-electron chi connectivity index (χ0n) is 11.9. The molecule has 0 aliphatic rings. The van der Waals surface area contributed by atoms with Gasteiger partial charge in [-0.3, -0.25) is 4.79 Å². The fourth-order valence-electron chi connectivity index (χ4n) is 1.61. The summed E-state index contributed by atoms with van der Waals surface area (Å²) in [6.07, 6.45) is 1.78. The molecule has 1 amide bonds. The van der Waals surface area contributed by atoms with E-state index in [9.17, 15) is 4.79 Å². The molecule has 0 aliphatic heterocycles. The number of thioether (sulfide) groups is 2. The topological polar surface area (TPSA) is 42.0 Å². The molecule has 5 heteroatoms. The zero-order chi connectivity index (χ0) is 14.9. The summed E-state index contributed by atoms with van der Waals surface area (Å²) in [7, 11) is 0. The first-order valence-corrected chi connectivity index (χ1v) is 8.71. The highest BCUT2D eigenvalue weighted by atomic mass is 32.2. The molecule has 0 radical (unpaired) electrons. The first-order valence-electron chi connectivity index (χ1n) is 6.74. The van der Waals surface area contributed by atoms with Crippen molar-refractivity contribution in [3.05, 3.63) is 54.2 Å². The largest absolute Gasteiger partial charge is 0.355 e. The minimum Gasteiger partial charge on any atom is -0.355 e. The van der Waals surface area contributed by atoms with E-state index in [1.165, 1.54) is 5.56 Å². The van der Waals surface area contributed by atoms with Crippen LogP contribution in [0, 0.1) is 6.92 Å². The van der Waals surface area contributed by atoms with E-state index in [0.29, 0.717) is 12.3 Å². The van der Waals surface area contributed by atoms with Crippen LogP contribution in [0.15, 0.2) is 58.6 Å². The Kier molecular flexibility index (Phi) is 6.63. The molecule has 3 nitrogen and oxygen atoms in total. The average Bonchev–Trinajstić information content (AvgIpc) is 2.52. The monoisotopic (exact) mass is 318 g/mol. The third kappa shape index (κ3) is 6.23. The van der Waals surface area contributed by atoms with Gasteiger partial charge in [0.2, 0.25) is 5.91 Å². The first kappa shape index (κ1) is 15.9. The Bertz CT molecular complexity index is 558. The third-order valence-corrected chi connectivity index (χ3v) is 4.66. The van der Waals surface area contributed by atoms with Gasteiger partial charge < -0.3 is 5.32 Å². The van der Waals surface area contributed by atoms with Crippen LogP contribution >= 0.6 is 23.5 Å². The van der Waals surface area contributed by atoms with Crippen LogP contribution in [0.5, 0.6) is 0 Å². The van der Waals surface area contributed by atoms with Crippen LogP contribution in [0.1, 0.15) is 5.56 Å². The summed E-state index contributed by atoms with van der Waals surface area (Å²) in [5, 5.41) is 3.91. The van der Waals surface area contributed by atoms with E-state index in [1.54, 1.807) is 29.7 Å². The lowest BCUT2D eigenvalue weighted by Gasteiger charge is -2.05. The van der Waals surface area contributed by atoms with Gasteiger partial charge in [0.15, 0.2) is 0 Å². The van der Waals surface area contributed by atoms with Gasteiger partial charge >= 0.3 is 0 Å². The van der Waals surface area contributed by atoms with E-state index in [4.69, 9.17) is 0 Å². The van der Waals surface area contributed by atoms with E-state index in [1.807, 2.05) is 30.3 Å². The van der Waals surface area contributed by atoms with E-state index in [0.717, 1.165) is 15.7 Å².